The molecule has 0 saturated carbocycles. The van der Waals surface area contributed by atoms with Gasteiger partial charge in [-0.15, -0.1) is 11.3 Å². The average Bonchev–Trinajstić information content (AvgIpc) is 3.36. The predicted octanol–water partition coefficient (Wildman–Crippen LogP) is 4.35. The number of benzene rings is 2. The lowest BCUT2D eigenvalue weighted by Crippen LogP contribution is -2.88. The average molecular weight is 468 g/mol. The van der Waals surface area contributed by atoms with Crippen molar-refractivity contribution in [3.63, 3.8) is 0 Å². The number of rotatable bonds is 11. The number of quaternary nitrogens is 1. The van der Waals surface area contributed by atoms with Gasteiger partial charge in [0, 0.05) is 11.6 Å². The van der Waals surface area contributed by atoms with E-state index in [1.54, 1.807) is 0 Å². The third-order valence-corrected chi connectivity index (χ3v) is 6.28. The maximum absolute atomic E-state index is 12.3. The van der Waals surface area contributed by atoms with E-state index in [1.165, 1.54) is 11.3 Å². The van der Waals surface area contributed by atoms with Gasteiger partial charge in [0.2, 0.25) is 5.78 Å². The molecule has 0 radical (unpaired) electrons. The maximum Gasteiger partial charge on any atom is 0.310 e. The highest BCUT2D eigenvalue weighted by atomic mass is 32.1. The van der Waals surface area contributed by atoms with Crippen LogP contribution in [0.1, 0.15) is 41.9 Å². The number of ether oxygens (including phenoxy) is 1. The smallest absolute Gasteiger partial charge is 0.310 e. The van der Waals surface area contributed by atoms with E-state index in [0.717, 1.165) is 29.0 Å². The molecule has 176 valence electrons. The van der Waals surface area contributed by atoms with Crippen LogP contribution in [0.3, 0.4) is 0 Å². The molecule has 0 fully saturated rings. The van der Waals surface area contributed by atoms with Gasteiger partial charge in [-0.1, -0.05) is 68.4 Å². The Morgan fingerprint density at radius 3 is 2.09 bits per heavy atom. The number of Topliss-reactive ketones (excluding diaryl/α,β-unsaturated/α-hetero) is 1. The molecule has 5 nitrogen and oxygen atoms in total. The highest BCUT2D eigenvalue weighted by molar-refractivity contribution is 7.12. The zero-order valence-corrected chi connectivity index (χ0v) is 20.3. The number of para-hydroxylation sites is 1. The zero-order valence-electron chi connectivity index (χ0n) is 19.5. The summed E-state index contributed by atoms with van der Waals surface area (Å²) >= 11 is 1.46. The standard InChI is InChI=1S/C21H27NO3S.C6H7N/c1-3-17(4-2)19(15-22-14-18(23)20-11-8-12-26-20)25-21(24)13-16-9-6-5-7-10-16;7-6-4-2-1-3-5-6/h5-12,17,19,22H,3-4,13-15H2,1-2H3;1-5H,7H2/p+1/t19-;/m0./s1. The number of hydrogen-bond donors (Lipinski definition) is 2. The molecule has 0 unspecified atom stereocenters. The number of anilines is 1. The predicted molar refractivity (Wildman–Crippen MR) is 135 cm³/mol. The van der Waals surface area contributed by atoms with Crippen LogP contribution in [0.15, 0.2) is 78.2 Å². The lowest BCUT2D eigenvalue weighted by molar-refractivity contribution is -0.650. The number of thiophene rings is 1. The molecule has 0 aliphatic rings. The van der Waals surface area contributed by atoms with Crippen molar-refractivity contribution in [3.05, 3.63) is 88.6 Å². The number of hydrogen-bond acceptors (Lipinski definition) is 5. The monoisotopic (exact) mass is 467 g/mol. The number of ketones is 1. The van der Waals surface area contributed by atoms with Crippen LogP contribution in [0.5, 0.6) is 0 Å². The van der Waals surface area contributed by atoms with Crippen molar-refractivity contribution in [2.75, 3.05) is 18.8 Å². The fourth-order valence-electron chi connectivity index (χ4n) is 3.49. The molecule has 0 amide bonds. The van der Waals surface area contributed by atoms with Crippen molar-refractivity contribution in [1.82, 2.24) is 0 Å². The van der Waals surface area contributed by atoms with Crippen LogP contribution in [0.25, 0.3) is 0 Å². The molecule has 0 aliphatic heterocycles. The van der Waals surface area contributed by atoms with Gasteiger partial charge in [0.05, 0.1) is 11.3 Å². The first-order chi connectivity index (χ1) is 16.0. The summed E-state index contributed by atoms with van der Waals surface area (Å²) in [4.78, 5) is 25.3. The van der Waals surface area contributed by atoms with Crippen LogP contribution < -0.4 is 11.1 Å². The molecule has 1 aromatic heterocycles. The highest BCUT2D eigenvalue weighted by Gasteiger charge is 2.25. The second kappa shape index (κ2) is 15.0. The lowest BCUT2D eigenvalue weighted by atomic mass is 9.96. The fraction of sp³-hybridized carbons (Fsp3) is 0.333. The summed E-state index contributed by atoms with van der Waals surface area (Å²) in [6, 6.07) is 22.9. The largest absolute Gasteiger partial charge is 0.456 e. The van der Waals surface area contributed by atoms with Crippen molar-refractivity contribution in [1.29, 1.82) is 0 Å². The van der Waals surface area contributed by atoms with E-state index >= 15 is 0 Å². The first-order valence-corrected chi connectivity index (χ1v) is 12.3. The maximum atomic E-state index is 12.3. The Balaban J connectivity index is 0.000000468. The van der Waals surface area contributed by atoms with Crippen LogP contribution >= 0.6 is 11.3 Å². The van der Waals surface area contributed by atoms with Gasteiger partial charge in [-0.2, -0.15) is 0 Å². The van der Waals surface area contributed by atoms with Crippen LogP contribution in [0.2, 0.25) is 0 Å². The minimum Gasteiger partial charge on any atom is -0.456 e. The van der Waals surface area contributed by atoms with E-state index in [9.17, 15) is 9.59 Å². The summed E-state index contributed by atoms with van der Waals surface area (Å²) < 4.78 is 5.79. The van der Waals surface area contributed by atoms with Crippen LogP contribution in [-0.2, 0) is 16.0 Å². The molecule has 6 heteroatoms. The number of carbonyl (C=O) groups is 2. The number of nitrogens with two attached hydrogens (primary N) is 2. The minimum atomic E-state index is -0.203. The highest BCUT2D eigenvalue weighted by Crippen LogP contribution is 2.16. The van der Waals surface area contributed by atoms with Gasteiger partial charge in [-0.05, 0) is 42.0 Å². The second-order valence-corrected chi connectivity index (χ2v) is 8.75. The van der Waals surface area contributed by atoms with Gasteiger partial charge in [-0.3, -0.25) is 9.59 Å². The summed E-state index contributed by atoms with van der Waals surface area (Å²) in [6.45, 7) is 5.23. The summed E-state index contributed by atoms with van der Waals surface area (Å²) in [5.74, 6) is 0.229. The second-order valence-electron chi connectivity index (χ2n) is 7.81. The molecule has 33 heavy (non-hydrogen) atoms. The molecule has 0 spiro atoms. The summed E-state index contributed by atoms with van der Waals surface area (Å²) in [6.07, 6.45) is 2.02. The molecule has 2 aromatic carbocycles. The van der Waals surface area contributed by atoms with Crippen molar-refractivity contribution in [3.8, 4) is 0 Å². The Bertz CT molecular complexity index is 927. The van der Waals surface area contributed by atoms with Crippen molar-refractivity contribution in [2.24, 2.45) is 5.92 Å². The molecule has 0 bridgehead atoms. The minimum absolute atomic E-state index is 0.124. The van der Waals surface area contributed by atoms with Gasteiger partial charge in [0.15, 0.2) is 6.10 Å². The summed E-state index contributed by atoms with van der Waals surface area (Å²) in [5.41, 5.74) is 7.14. The normalized spacial score (nSPS) is 11.4. The third-order valence-electron chi connectivity index (χ3n) is 5.37. The lowest BCUT2D eigenvalue weighted by Gasteiger charge is -2.24. The van der Waals surface area contributed by atoms with E-state index in [4.69, 9.17) is 10.5 Å². The molecular formula is C27H35N2O3S+. The molecule has 1 atom stereocenters. The van der Waals surface area contributed by atoms with E-state index in [-0.39, 0.29) is 24.3 Å². The number of nitrogen functional groups attached to an aromatic ring is 1. The van der Waals surface area contributed by atoms with E-state index in [1.807, 2.05) is 83.5 Å². The van der Waals surface area contributed by atoms with Crippen LogP contribution in [-0.4, -0.2) is 30.9 Å². The first-order valence-electron chi connectivity index (χ1n) is 11.5. The Hall–Kier alpha value is -2.96. The van der Waals surface area contributed by atoms with Gasteiger partial charge < -0.3 is 15.8 Å². The van der Waals surface area contributed by atoms with Crippen molar-refractivity contribution < 1.29 is 19.6 Å². The molecule has 0 aliphatic carbocycles. The molecular weight excluding hydrogens is 432 g/mol. The molecule has 4 N–H and O–H groups in total. The van der Waals surface area contributed by atoms with E-state index < -0.39 is 0 Å². The van der Waals surface area contributed by atoms with Gasteiger partial charge in [-0.25, -0.2) is 0 Å². The Labute approximate surface area is 201 Å². The van der Waals surface area contributed by atoms with Gasteiger partial charge in [0.25, 0.3) is 0 Å². The molecule has 0 saturated heterocycles. The molecule has 3 aromatic rings. The Morgan fingerprint density at radius 1 is 0.939 bits per heavy atom. The third kappa shape index (κ3) is 10.0. The SMILES string of the molecule is CCC(CC)[C@H](C[NH2+]CC(=O)c1cccs1)OC(=O)Cc1ccccc1.Nc1ccccc1. The Kier molecular flexibility index (Phi) is 11.9. The topological polar surface area (TPSA) is 86.0 Å². The number of carbonyl (C=O) groups excluding carboxylic acids is 2. The van der Waals surface area contributed by atoms with Crippen LogP contribution in [0.4, 0.5) is 5.69 Å². The quantitative estimate of drug-likeness (QED) is 0.249. The van der Waals surface area contributed by atoms with Crippen LogP contribution in [0, 0.1) is 5.92 Å². The van der Waals surface area contributed by atoms with E-state index in [2.05, 4.69) is 13.8 Å². The van der Waals surface area contributed by atoms with Crippen molar-refractivity contribution in [2.45, 2.75) is 39.2 Å². The van der Waals surface area contributed by atoms with Gasteiger partial charge >= 0.3 is 5.97 Å². The molecule has 3 rings (SSSR count). The number of esters is 1. The van der Waals surface area contributed by atoms with E-state index in [0.29, 0.717) is 19.0 Å². The van der Waals surface area contributed by atoms with Gasteiger partial charge in [0.1, 0.15) is 13.1 Å². The van der Waals surface area contributed by atoms with Crippen molar-refractivity contribution >= 4 is 28.8 Å². The Morgan fingerprint density at radius 2 is 1.58 bits per heavy atom. The fourth-order valence-corrected chi connectivity index (χ4v) is 4.17. The zero-order chi connectivity index (χ0) is 23.9. The first kappa shape index (κ1) is 26.3. The molecule has 1 heterocycles. The summed E-state index contributed by atoms with van der Waals surface area (Å²) in [7, 11) is 0. The summed E-state index contributed by atoms with van der Waals surface area (Å²) in [5, 5.41) is 3.87.